The monoisotopic (exact) mass is 220 g/mol. The second-order valence-electron chi connectivity index (χ2n) is 3.54. The second kappa shape index (κ2) is 7.01. The molecular weight excluding hydrogens is 200 g/mol. The van der Waals surface area contributed by atoms with Gasteiger partial charge in [-0.2, -0.15) is 0 Å². The molecule has 0 spiro atoms. The van der Waals surface area contributed by atoms with Crippen LogP contribution in [0.25, 0.3) is 5.76 Å². The highest BCUT2D eigenvalue weighted by molar-refractivity contribution is 5.56. The standard InChI is InChI=1S/C13H20N2O/c1-4-8-14-10-12-7-6-9-15-13(12)11(3)16-5-2/h6-7,9,14H,3-5,8,10H2,1-2H3. The quantitative estimate of drug-likeness (QED) is 0.566. The van der Waals surface area contributed by atoms with Crippen LogP contribution in [-0.2, 0) is 11.3 Å². The molecule has 1 aromatic rings. The molecule has 0 bridgehead atoms. The highest BCUT2D eigenvalue weighted by Crippen LogP contribution is 2.15. The van der Waals surface area contributed by atoms with E-state index in [1.54, 1.807) is 6.20 Å². The summed E-state index contributed by atoms with van der Waals surface area (Å²) < 4.78 is 5.39. The number of nitrogens with one attached hydrogen (secondary N) is 1. The van der Waals surface area contributed by atoms with E-state index in [0.29, 0.717) is 12.4 Å². The third kappa shape index (κ3) is 3.66. The fourth-order valence-corrected chi connectivity index (χ4v) is 1.47. The number of aromatic nitrogens is 1. The summed E-state index contributed by atoms with van der Waals surface area (Å²) in [6.07, 6.45) is 2.89. The topological polar surface area (TPSA) is 34.1 Å². The van der Waals surface area contributed by atoms with E-state index in [4.69, 9.17) is 4.74 Å². The van der Waals surface area contributed by atoms with Crippen molar-refractivity contribution in [1.29, 1.82) is 0 Å². The molecule has 0 fully saturated rings. The molecule has 0 unspecified atom stereocenters. The van der Waals surface area contributed by atoms with Crippen LogP contribution in [0.5, 0.6) is 0 Å². The molecule has 1 heterocycles. The van der Waals surface area contributed by atoms with E-state index in [2.05, 4.69) is 29.9 Å². The van der Waals surface area contributed by atoms with Crippen molar-refractivity contribution in [3.05, 3.63) is 36.2 Å². The van der Waals surface area contributed by atoms with Gasteiger partial charge in [-0.15, -0.1) is 0 Å². The molecule has 0 saturated heterocycles. The average Bonchev–Trinajstić information content (AvgIpc) is 2.30. The van der Waals surface area contributed by atoms with Crippen LogP contribution in [0.4, 0.5) is 0 Å². The molecule has 0 aliphatic rings. The van der Waals surface area contributed by atoms with Crippen LogP contribution < -0.4 is 5.32 Å². The van der Waals surface area contributed by atoms with E-state index in [1.165, 1.54) is 0 Å². The summed E-state index contributed by atoms with van der Waals surface area (Å²) in [5.74, 6) is 0.649. The molecule has 0 amide bonds. The van der Waals surface area contributed by atoms with Gasteiger partial charge in [-0.1, -0.05) is 19.6 Å². The molecular formula is C13H20N2O. The third-order valence-corrected chi connectivity index (χ3v) is 2.22. The Balaban J connectivity index is 2.71. The Morgan fingerprint density at radius 2 is 2.31 bits per heavy atom. The van der Waals surface area contributed by atoms with Crippen LogP contribution >= 0.6 is 0 Å². The Morgan fingerprint density at radius 3 is 3.00 bits per heavy atom. The van der Waals surface area contributed by atoms with Crippen LogP contribution in [0.2, 0.25) is 0 Å². The lowest BCUT2D eigenvalue weighted by Gasteiger charge is -2.11. The van der Waals surface area contributed by atoms with Gasteiger partial charge in [-0.3, -0.25) is 4.98 Å². The number of nitrogens with zero attached hydrogens (tertiary/aromatic N) is 1. The summed E-state index contributed by atoms with van der Waals surface area (Å²) in [4.78, 5) is 4.31. The zero-order valence-corrected chi connectivity index (χ0v) is 10.1. The lowest BCUT2D eigenvalue weighted by atomic mass is 10.1. The summed E-state index contributed by atoms with van der Waals surface area (Å²) in [7, 11) is 0. The maximum absolute atomic E-state index is 5.39. The zero-order valence-electron chi connectivity index (χ0n) is 10.1. The van der Waals surface area contributed by atoms with Crippen molar-refractivity contribution in [2.24, 2.45) is 0 Å². The maximum atomic E-state index is 5.39. The number of rotatable bonds is 7. The van der Waals surface area contributed by atoms with E-state index >= 15 is 0 Å². The van der Waals surface area contributed by atoms with Gasteiger partial charge >= 0.3 is 0 Å². The van der Waals surface area contributed by atoms with Gasteiger partial charge in [0.05, 0.1) is 6.61 Å². The molecule has 16 heavy (non-hydrogen) atoms. The number of hydrogen-bond acceptors (Lipinski definition) is 3. The SMILES string of the molecule is C=C(OCC)c1ncccc1CNCCC. The maximum Gasteiger partial charge on any atom is 0.138 e. The lowest BCUT2D eigenvalue weighted by molar-refractivity contribution is 0.297. The van der Waals surface area contributed by atoms with Gasteiger partial charge in [0.15, 0.2) is 0 Å². The van der Waals surface area contributed by atoms with Crippen LogP contribution in [0.15, 0.2) is 24.9 Å². The van der Waals surface area contributed by atoms with Crippen molar-refractivity contribution in [3.8, 4) is 0 Å². The molecule has 0 atom stereocenters. The van der Waals surface area contributed by atoms with Gasteiger partial charge in [0.25, 0.3) is 0 Å². The first kappa shape index (κ1) is 12.7. The van der Waals surface area contributed by atoms with E-state index in [9.17, 15) is 0 Å². The average molecular weight is 220 g/mol. The first-order chi connectivity index (χ1) is 7.79. The highest BCUT2D eigenvalue weighted by Gasteiger charge is 2.07. The van der Waals surface area contributed by atoms with Gasteiger partial charge in [-0.25, -0.2) is 0 Å². The Morgan fingerprint density at radius 1 is 1.50 bits per heavy atom. The normalized spacial score (nSPS) is 10.1. The molecule has 3 heteroatoms. The van der Waals surface area contributed by atoms with Crippen molar-refractivity contribution in [2.75, 3.05) is 13.2 Å². The van der Waals surface area contributed by atoms with E-state index in [-0.39, 0.29) is 0 Å². The largest absolute Gasteiger partial charge is 0.492 e. The Labute approximate surface area is 97.5 Å². The summed E-state index contributed by atoms with van der Waals surface area (Å²) in [5, 5.41) is 3.35. The van der Waals surface area contributed by atoms with E-state index in [1.807, 2.05) is 13.0 Å². The van der Waals surface area contributed by atoms with Crippen LogP contribution in [0, 0.1) is 0 Å². The van der Waals surface area contributed by atoms with Crippen molar-refractivity contribution < 1.29 is 4.74 Å². The predicted octanol–water partition coefficient (Wildman–Crippen LogP) is 2.59. The molecule has 0 radical (unpaired) electrons. The minimum Gasteiger partial charge on any atom is -0.492 e. The molecule has 0 aliphatic heterocycles. The lowest BCUT2D eigenvalue weighted by Crippen LogP contribution is -2.15. The van der Waals surface area contributed by atoms with E-state index in [0.717, 1.165) is 30.8 Å². The van der Waals surface area contributed by atoms with Crippen molar-refractivity contribution in [2.45, 2.75) is 26.8 Å². The molecule has 0 aromatic carbocycles. The molecule has 1 aromatic heterocycles. The molecule has 0 saturated carbocycles. The van der Waals surface area contributed by atoms with Gasteiger partial charge in [0.2, 0.25) is 0 Å². The molecule has 88 valence electrons. The third-order valence-electron chi connectivity index (χ3n) is 2.22. The molecule has 0 aliphatic carbocycles. The molecule has 1 N–H and O–H groups in total. The van der Waals surface area contributed by atoms with E-state index < -0.39 is 0 Å². The Kier molecular flexibility index (Phi) is 5.57. The van der Waals surface area contributed by atoms with Crippen LogP contribution in [0.1, 0.15) is 31.5 Å². The minimum absolute atomic E-state index is 0.622. The van der Waals surface area contributed by atoms with Crippen molar-refractivity contribution in [1.82, 2.24) is 10.3 Å². The fourth-order valence-electron chi connectivity index (χ4n) is 1.47. The van der Waals surface area contributed by atoms with Gasteiger partial charge in [0, 0.05) is 12.7 Å². The highest BCUT2D eigenvalue weighted by atomic mass is 16.5. The smallest absolute Gasteiger partial charge is 0.138 e. The second-order valence-corrected chi connectivity index (χ2v) is 3.54. The zero-order chi connectivity index (χ0) is 11.8. The first-order valence-electron chi connectivity index (χ1n) is 5.76. The summed E-state index contributed by atoms with van der Waals surface area (Å²) >= 11 is 0. The van der Waals surface area contributed by atoms with Gasteiger partial charge in [0.1, 0.15) is 11.5 Å². The summed E-state index contributed by atoms with van der Waals surface area (Å²) in [6.45, 7) is 10.4. The molecule has 3 nitrogen and oxygen atoms in total. The van der Waals surface area contributed by atoms with Crippen molar-refractivity contribution in [3.63, 3.8) is 0 Å². The minimum atomic E-state index is 0.622. The molecule has 1 rings (SSSR count). The number of pyridine rings is 1. The Hall–Kier alpha value is -1.35. The predicted molar refractivity (Wildman–Crippen MR) is 66.9 cm³/mol. The summed E-state index contributed by atoms with van der Waals surface area (Å²) in [6, 6.07) is 3.99. The van der Waals surface area contributed by atoms with Crippen LogP contribution in [-0.4, -0.2) is 18.1 Å². The fraction of sp³-hybridized carbons (Fsp3) is 0.462. The first-order valence-corrected chi connectivity index (χ1v) is 5.76. The Bertz CT molecular complexity index is 336. The van der Waals surface area contributed by atoms with Crippen molar-refractivity contribution >= 4 is 5.76 Å². The van der Waals surface area contributed by atoms with Crippen LogP contribution in [0.3, 0.4) is 0 Å². The summed E-state index contributed by atoms with van der Waals surface area (Å²) in [5.41, 5.74) is 1.99. The van der Waals surface area contributed by atoms with Gasteiger partial charge in [-0.05, 0) is 31.5 Å². The number of ether oxygens (including phenoxy) is 1. The van der Waals surface area contributed by atoms with Gasteiger partial charge < -0.3 is 10.1 Å². The number of hydrogen-bond donors (Lipinski definition) is 1.